The topological polar surface area (TPSA) is 89.8 Å². The highest BCUT2D eigenvalue weighted by atomic mass is 79.9. The molecule has 0 aliphatic heterocycles. The molecule has 8 heteroatoms. The van der Waals surface area contributed by atoms with Crippen molar-refractivity contribution in [1.29, 1.82) is 0 Å². The van der Waals surface area contributed by atoms with Crippen LogP contribution in [0.4, 0.5) is 0 Å². The minimum atomic E-state index is -0.569. The molecule has 0 aliphatic rings. The first-order chi connectivity index (χ1) is 11.4. The van der Waals surface area contributed by atoms with Crippen LogP contribution in [0.15, 0.2) is 39.4 Å². The average Bonchev–Trinajstić information content (AvgIpc) is 2.98. The van der Waals surface area contributed by atoms with Gasteiger partial charge < -0.3 is 13.9 Å². The number of nitrogens with one attached hydrogen (secondary N) is 2. The molecule has 24 heavy (non-hydrogen) atoms. The van der Waals surface area contributed by atoms with Crippen molar-refractivity contribution in [1.82, 2.24) is 10.9 Å². The molecule has 1 aromatic carbocycles. The van der Waals surface area contributed by atoms with Gasteiger partial charge in [0.15, 0.2) is 21.9 Å². The molecule has 128 valence electrons. The Balaban J connectivity index is 2.03. The van der Waals surface area contributed by atoms with E-state index in [1.165, 1.54) is 19.2 Å². The number of methoxy groups -OCH3 is 1. The number of carbonyl (C=O) groups is 2. The van der Waals surface area contributed by atoms with E-state index < -0.39 is 11.8 Å². The van der Waals surface area contributed by atoms with Crippen LogP contribution in [-0.4, -0.2) is 25.0 Å². The fourth-order valence-corrected chi connectivity index (χ4v) is 2.15. The lowest BCUT2D eigenvalue weighted by atomic mass is 10.2. The highest BCUT2D eigenvalue weighted by molar-refractivity contribution is 9.10. The van der Waals surface area contributed by atoms with Crippen LogP contribution in [0.3, 0.4) is 0 Å². The van der Waals surface area contributed by atoms with E-state index in [1.807, 2.05) is 13.8 Å². The minimum absolute atomic E-state index is 0.0227. The highest BCUT2D eigenvalue weighted by Crippen LogP contribution is 2.28. The Bertz CT molecular complexity index is 742. The lowest BCUT2D eigenvalue weighted by Gasteiger charge is -2.14. The van der Waals surface area contributed by atoms with Gasteiger partial charge in [-0.05, 0) is 60.1 Å². The molecular formula is C16H17BrN2O5. The predicted octanol–water partition coefficient (Wildman–Crippen LogP) is 2.91. The van der Waals surface area contributed by atoms with Gasteiger partial charge in [0.1, 0.15) is 0 Å². The fraction of sp³-hybridized carbons (Fsp3) is 0.250. The molecule has 2 N–H and O–H groups in total. The summed E-state index contributed by atoms with van der Waals surface area (Å²) in [6.45, 7) is 3.78. The van der Waals surface area contributed by atoms with Crippen LogP contribution >= 0.6 is 15.9 Å². The Kier molecular flexibility index (Phi) is 5.86. The predicted molar refractivity (Wildman–Crippen MR) is 90.1 cm³/mol. The van der Waals surface area contributed by atoms with Crippen LogP contribution in [0.25, 0.3) is 0 Å². The van der Waals surface area contributed by atoms with Crippen molar-refractivity contribution < 1.29 is 23.5 Å². The highest BCUT2D eigenvalue weighted by Gasteiger charge is 2.14. The number of hydrogen-bond acceptors (Lipinski definition) is 5. The van der Waals surface area contributed by atoms with Crippen molar-refractivity contribution in [2.24, 2.45) is 0 Å². The van der Waals surface area contributed by atoms with E-state index in [1.54, 1.807) is 18.2 Å². The molecule has 0 saturated carbocycles. The number of hydrogen-bond donors (Lipinski definition) is 2. The lowest BCUT2D eigenvalue weighted by molar-refractivity contribution is 0.0830. The van der Waals surface area contributed by atoms with Gasteiger partial charge >= 0.3 is 5.91 Å². The third-order valence-electron chi connectivity index (χ3n) is 2.88. The van der Waals surface area contributed by atoms with Crippen molar-refractivity contribution in [3.05, 3.63) is 46.3 Å². The second-order valence-corrected chi connectivity index (χ2v) is 5.83. The molecular weight excluding hydrogens is 380 g/mol. The van der Waals surface area contributed by atoms with Crippen LogP contribution in [0.5, 0.6) is 11.5 Å². The normalized spacial score (nSPS) is 10.4. The van der Waals surface area contributed by atoms with Crippen molar-refractivity contribution in [3.63, 3.8) is 0 Å². The molecule has 1 heterocycles. The third-order valence-corrected chi connectivity index (χ3v) is 3.30. The Labute approximate surface area is 147 Å². The van der Waals surface area contributed by atoms with E-state index in [9.17, 15) is 9.59 Å². The Morgan fingerprint density at radius 1 is 1.08 bits per heavy atom. The number of amides is 2. The number of ether oxygens (including phenoxy) is 2. The summed E-state index contributed by atoms with van der Waals surface area (Å²) in [6.07, 6.45) is -0.0227. The smallest absolute Gasteiger partial charge is 0.305 e. The molecule has 0 aliphatic carbocycles. The molecule has 2 aromatic rings. The molecule has 0 unspecified atom stereocenters. The van der Waals surface area contributed by atoms with Gasteiger partial charge in [0, 0.05) is 5.56 Å². The Hall–Kier alpha value is -2.48. The number of rotatable bonds is 5. The Morgan fingerprint density at radius 3 is 2.38 bits per heavy atom. The largest absolute Gasteiger partial charge is 0.493 e. The number of halogens is 1. The monoisotopic (exact) mass is 396 g/mol. The maximum atomic E-state index is 12.1. The quantitative estimate of drug-likeness (QED) is 0.758. The van der Waals surface area contributed by atoms with E-state index in [0.717, 1.165) is 0 Å². The van der Waals surface area contributed by atoms with Crippen molar-refractivity contribution in [2.45, 2.75) is 20.0 Å². The lowest BCUT2D eigenvalue weighted by Crippen LogP contribution is -2.41. The first-order valence-electron chi connectivity index (χ1n) is 7.11. The van der Waals surface area contributed by atoms with Crippen LogP contribution in [-0.2, 0) is 0 Å². The molecule has 0 atom stereocenters. The molecule has 0 spiro atoms. The molecule has 7 nitrogen and oxygen atoms in total. The second kappa shape index (κ2) is 7.87. The first kappa shape index (κ1) is 17.9. The number of benzene rings is 1. The SMILES string of the molecule is COc1cc(C(=O)NNC(=O)c2ccc(Br)o2)ccc1OC(C)C. The molecule has 0 radical (unpaired) electrons. The third kappa shape index (κ3) is 4.51. The summed E-state index contributed by atoms with van der Waals surface area (Å²) in [6, 6.07) is 7.80. The molecule has 2 amide bonds. The summed E-state index contributed by atoms with van der Waals surface area (Å²) in [7, 11) is 1.49. The summed E-state index contributed by atoms with van der Waals surface area (Å²) in [5, 5.41) is 0. The summed E-state index contributed by atoms with van der Waals surface area (Å²) in [5.74, 6) is -0.0317. The summed E-state index contributed by atoms with van der Waals surface area (Å²) in [5.41, 5.74) is 4.89. The van der Waals surface area contributed by atoms with Crippen molar-refractivity contribution in [3.8, 4) is 11.5 Å². The zero-order chi connectivity index (χ0) is 17.7. The van der Waals surface area contributed by atoms with E-state index in [-0.39, 0.29) is 11.9 Å². The first-order valence-corrected chi connectivity index (χ1v) is 7.90. The average molecular weight is 397 g/mol. The maximum absolute atomic E-state index is 12.1. The molecule has 0 bridgehead atoms. The van der Waals surface area contributed by atoms with Crippen LogP contribution < -0.4 is 20.3 Å². The van der Waals surface area contributed by atoms with Gasteiger partial charge in [0.2, 0.25) is 0 Å². The van der Waals surface area contributed by atoms with Crippen LogP contribution in [0.1, 0.15) is 34.8 Å². The van der Waals surface area contributed by atoms with Gasteiger partial charge in [0.25, 0.3) is 5.91 Å². The van der Waals surface area contributed by atoms with E-state index in [0.29, 0.717) is 21.7 Å². The zero-order valence-electron chi connectivity index (χ0n) is 13.4. The van der Waals surface area contributed by atoms with Crippen LogP contribution in [0.2, 0.25) is 0 Å². The van der Waals surface area contributed by atoms with E-state index in [4.69, 9.17) is 13.9 Å². The van der Waals surface area contributed by atoms with Crippen molar-refractivity contribution in [2.75, 3.05) is 7.11 Å². The molecule has 2 rings (SSSR count). The molecule has 0 fully saturated rings. The van der Waals surface area contributed by atoms with Gasteiger partial charge in [0.05, 0.1) is 13.2 Å². The standard InChI is InChI=1S/C16H17BrN2O5/c1-9(2)23-11-5-4-10(8-13(11)22-3)15(20)18-19-16(21)12-6-7-14(17)24-12/h4-9H,1-3H3,(H,18,20)(H,19,21). The number of furan rings is 1. The summed E-state index contributed by atoms with van der Waals surface area (Å²) in [4.78, 5) is 23.9. The summed E-state index contributed by atoms with van der Waals surface area (Å²) < 4.78 is 16.3. The minimum Gasteiger partial charge on any atom is -0.493 e. The summed E-state index contributed by atoms with van der Waals surface area (Å²) >= 11 is 3.10. The Morgan fingerprint density at radius 2 is 1.79 bits per heavy atom. The number of hydrazine groups is 1. The maximum Gasteiger partial charge on any atom is 0.305 e. The van der Waals surface area contributed by atoms with Gasteiger partial charge in [-0.15, -0.1) is 0 Å². The van der Waals surface area contributed by atoms with Crippen LogP contribution in [0, 0.1) is 0 Å². The van der Waals surface area contributed by atoms with Crippen molar-refractivity contribution >= 4 is 27.7 Å². The van der Waals surface area contributed by atoms with Gasteiger partial charge in [-0.25, -0.2) is 0 Å². The zero-order valence-corrected chi connectivity index (χ0v) is 15.0. The molecule has 1 aromatic heterocycles. The van der Waals surface area contributed by atoms with E-state index in [2.05, 4.69) is 26.8 Å². The van der Waals surface area contributed by atoms with Gasteiger partial charge in [-0.3, -0.25) is 20.4 Å². The second-order valence-electron chi connectivity index (χ2n) is 5.04. The van der Waals surface area contributed by atoms with E-state index >= 15 is 0 Å². The molecule has 0 saturated heterocycles. The van der Waals surface area contributed by atoms with Gasteiger partial charge in [-0.1, -0.05) is 0 Å². The fourth-order valence-electron chi connectivity index (χ4n) is 1.84. The van der Waals surface area contributed by atoms with Gasteiger partial charge in [-0.2, -0.15) is 0 Å². The number of carbonyl (C=O) groups excluding carboxylic acids is 2.